The van der Waals surface area contributed by atoms with Crippen LogP contribution in [0.4, 0.5) is 0 Å². The largest absolute Gasteiger partial charge is 0.478 e. The van der Waals surface area contributed by atoms with Gasteiger partial charge in [0.1, 0.15) is 0 Å². The number of hydrogen-bond donors (Lipinski definition) is 1. The molecule has 0 saturated heterocycles. The molecule has 0 aliphatic carbocycles. The minimum atomic E-state index is -4.20. The summed E-state index contributed by atoms with van der Waals surface area (Å²) in [4.78, 5) is 9.74. The van der Waals surface area contributed by atoms with Gasteiger partial charge in [-0.3, -0.25) is 0 Å². The Morgan fingerprint density at radius 2 is 1.59 bits per heavy atom. The lowest BCUT2D eigenvalue weighted by Gasteiger charge is -2.03. The highest BCUT2D eigenvalue weighted by molar-refractivity contribution is 8.13. The molecule has 0 amide bonds. The van der Waals surface area contributed by atoms with Crippen molar-refractivity contribution in [2.45, 2.75) is 9.79 Å². The van der Waals surface area contributed by atoms with Crippen LogP contribution in [0.5, 0.6) is 0 Å². The van der Waals surface area contributed by atoms with E-state index in [9.17, 15) is 21.6 Å². The maximum Gasteiger partial charge on any atom is 0.335 e. The molecule has 17 heavy (non-hydrogen) atoms. The third kappa shape index (κ3) is 3.42. The molecule has 0 aromatic heterocycles. The highest BCUT2D eigenvalue weighted by Gasteiger charge is 2.19. The van der Waals surface area contributed by atoms with Gasteiger partial charge in [-0.1, -0.05) is 0 Å². The zero-order chi connectivity index (χ0) is 13.4. The lowest BCUT2D eigenvalue weighted by atomic mass is 10.2. The van der Waals surface area contributed by atoms with Crippen LogP contribution >= 0.6 is 10.7 Å². The molecule has 0 spiro atoms. The molecular formula is C8H7ClO6S2. The van der Waals surface area contributed by atoms with Gasteiger partial charge in [0.25, 0.3) is 9.05 Å². The van der Waals surface area contributed by atoms with Crippen LogP contribution in [0.1, 0.15) is 10.4 Å². The van der Waals surface area contributed by atoms with E-state index in [0.717, 1.165) is 24.5 Å². The Morgan fingerprint density at radius 1 is 1.12 bits per heavy atom. The topological polar surface area (TPSA) is 106 Å². The van der Waals surface area contributed by atoms with Crippen LogP contribution in [-0.4, -0.2) is 34.2 Å². The molecule has 0 fully saturated rings. The number of carbonyl (C=O) groups is 1. The van der Waals surface area contributed by atoms with Crippen molar-refractivity contribution in [3.8, 4) is 0 Å². The molecule has 94 valence electrons. The Morgan fingerprint density at radius 3 is 1.94 bits per heavy atom. The van der Waals surface area contributed by atoms with Crippen LogP contribution in [0.2, 0.25) is 0 Å². The number of hydrogen-bond acceptors (Lipinski definition) is 5. The van der Waals surface area contributed by atoms with E-state index < -0.39 is 40.2 Å². The second-order valence-corrected chi connectivity index (χ2v) is 7.79. The summed E-state index contributed by atoms with van der Waals surface area (Å²) in [6.45, 7) is 0. The first-order valence-corrected chi connectivity index (χ1v) is 8.25. The lowest BCUT2D eigenvalue weighted by Crippen LogP contribution is -2.05. The van der Waals surface area contributed by atoms with Gasteiger partial charge in [-0.2, -0.15) is 0 Å². The first-order valence-electron chi connectivity index (χ1n) is 4.05. The lowest BCUT2D eigenvalue weighted by molar-refractivity contribution is 0.0696. The second-order valence-electron chi connectivity index (χ2n) is 3.21. The van der Waals surface area contributed by atoms with Crippen LogP contribution in [0.25, 0.3) is 0 Å². The fourth-order valence-electron chi connectivity index (χ4n) is 1.05. The molecule has 0 radical (unpaired) electrons. The summed E-state index contributed by atoms with van der Waals surface area (Å²) in [6.07, 6.45) is 0.832. The summed E-state index contributed by atoms with van der Waals surface area (Å²) in [6, 6.07) is 2.46. The van der Waals surface area contributed by atoms with Crippen LogP contribution in [0.15, 0.2) is 28.0 Å². The summed E-state index contributed by atoms with van der Waals surface area (Å²) in [5.41, 5.74) is -0.466. The number of halogens is 1. The van der Waals surface area contributed by atoms with Crippen LogP contribution in [-0.2, 0) is 18.9 Å². The SMILES string of the molecule is CS(=O)(=O)c1cc(C(=O)O)cc(S(=O)(=O)Cl)c1. The summed E-state index contributed by atoms with van der Waals surface area (Å²) < 4.78 is 44.6. The van der Waals surface area contributed by atoms with E-state index in [1.165, 1.54) is 0 Å². The van der Waals surface area contributed by atoms with Gasteiger partial charge in [0, 0.05) is 16.9 Å². The number of carboxylic acids is 1. The van der Waals surface area contributed by atoms with Crippen molar-refractivity contribution in [3.05, 3.63) is 23.8 Å². The molecule has 0 saturated carbocycles. The predicted molar refractivity (Wildman–Crippen MR) is 59.5 cm³/mol. The van der Waals surface area contributed by atoms with E-state index in [1.807, 2.05) is 0 Å². The fraction of sp³-hybridized carbons (Fsp3) is 0.125. The van der Waals surface area contributed by atoms with E-state index >= 15 is 0 Å². The van der Waals surface area contributed by atoms with Gasteiger partial charge in [0.2, 0.25) is 0 Å². The average Bonchev–Trinajstić information content (AvgIpc) is 2.14. The quantitative estimate of drug-likeness (QED) is 0.824. The Kier molecular flexibility index (Phi) is 3.51. The van der Waals surface area contributed by atoms with Crippen molar-refractivity contribution in [1.82, 2.24) is 0 Å². The van der Waals surface area contributed by atoms with Crippen LogP contribution in [0.3, 0.4) is 0 Å². The third-order valence-corrected chi connectivity index (χ3v) is 4.26. The minimum absolute atomic E-state index is 0.420. The summed E-state index contributed by atoms with van der Waals surface area (Å²) in [5.74, 6) is -1.45. The van der Waals surface area contributed by atoms with E-state index in [4.69, 9.17) is 15.8 Å². The van der Waals surface area contributed by atoms with E-state index in [-0.39, 0.29) is 0 Å². The van der Waals surface area contributed by atoms with Gasteiger partial charge in [-0.05, 0) is 18.2 Å². The normalized spacial score (nSPS) is 12.4. The predicted octanol–water partition coefficient (Wildman–Crippen LogP) is 0.716. The summed E-state index contributed by atoms with van der Waals surface area (Å²) in [7, 11) is -2.88. The van der Waals surface area contributed by atoms with Gasteiger partial charge in [0.05, 0.1) is 15.4 Å². The van der Waals surface area contributed by atoms with Gasteiger partial charge in [0.15, 0.2) is 9.84 Å². The fourth-order valence-corrected chi connectivity index (χ4v) is 2.61. The molecule has 9 heteroatoms. The minimum Gasteiger partial charge on any atom is -0.478 e. The molecule has 1 aromatic carbocycles. The first-order chi connectivity index (χ1) is 7.51. The molecule has 6 nitrogen and oxygen atoms in total. The highest BCUT2D eigenvalue weighted by Crippen LogP contribution is 2.21. The number of sulfone groups is 1. The van der Waals surface area contributed by atoms with Crippen molar-refractivity contribution in [2.75, 3.05) is 6.26 Å². The standard InChI is InChI=1S/C8H7ClO6S2/c1-16(12,13)6-2-5(8(10)11)3-7(4-6)17(9,14)15/h2-4H,1H3,(H,10,11). The molecule has 0 aliphatic heterocycles. The summed E-state index contributed by atoms with van der Waals surface area (Å²) in [5, 5.41) is 8.73. The molecule has 0 heterocycles. The van der Waals surface area contributed by atoms with Crippen molar-refractivity contribution >= 4 is 35.5 Å². The zero-order valence-electron chi connectivity index (χ0n) is 8.41. The van der Waals surface area contributed by atoms with Crippen molar-refractivity contribution in [1.29, 1.82) is 0 Å². The second kappa shape index (κ2) is 4.28. The molecular weight excluding hydrogens is 292 g/mol. The molecule has 1 N–H and O–H groups in total. The first kappa shape index (κ1) is 13.9. The van der Waals surface area contributed by atoms with Crippen LogP contribution < -0.4 is 0 Å². The Bertz CT molecular complexity index is 624. The molecule has 1 aromatic rings. The molecule has 0 atom stereocenters. The van der Waals surface area contributed by atoms with Gasteiger partial charge < -0.3 is 5.11 Å². The van der Waals surface area contributed by atoms with Gasteiger partial charge in [-0.15, -0.1) is 0 Å². The Hall–Kier alpha value is -1.12. The van der Waals surface area contributed by atoms with Crippen molar-refractivity contribution in [3.63, 3.8) is 0 Å². The Labute approximate surface area is 102 Å². The van der Waals surface area contributed by atoms with Crippen LogP contribution in [0, 0.1) is 0 Å². The number of rotatable bonds is 3. The molecule has 0 aliphatic rings. The summed E-state index contributed by atoms with van der Waals surface area (Å²) >= 11 is 0. The number of carboxylic acid groups (broad SMARTS) is 1. The molecule has 0 bridgehead atoms. The van der Waals surface area contributed by atoms with E-state index in [1.54, 1.807) is 0 Å². The smallest absolute Gasteiger partial charge is 0.335 e. The van der Waals surface area contributed by atoms with E-state index in [0.29, 0.717) is 0 Å². The third-order valence-electron chi connectivity index (χ3n) is 1.84. The monoisotopic (exact) mass is 298 g/mol. The van der Waals surface area contributed by atoms with Gasteiger partial charge >= 0.3 is 5.97 Å². The molecule has 0 unspecified atom stereocenters. The van der Waals surface area contributed by atoms with Crippen molar-refractivity contribution < 1.29 is 26.7 Å². The number of benzene rings is 1. The van der Waals surface area contributed by atoms with Crippen molar-refractivity contribution in [2.24, 2.45) is 0 Å². The van der Waals surface area contributed by atoms with E-state index in [2.05, 4.69) is 0 Å². The maximum atomic E-state index is 11.3. The zero-order valence-corrected chi connectivity index (χ0v) is 10.8. The molecule has 1 rings (SSSR count). The average molecular weight is 299 g/mol. The number of aromatic carboxylic acids is 1. The van der Waals surface area contributed by atoms with Gasteiger partial charge in [-0.25, -0.2) is 21.6 Å². The Balaban J connectivity index is 3.68. The maximum absolute atomic E-state index is 11.3. The highest BCUT2D eigenvalue weighted by atomic mass is 35.7.